The van der Waals surface area contributed by atoms with Gasteiger partial charge in [0.05, 0.1) is 17.1 Å². The summed E-state index contributed by atoms with van der Waals surface area (Å²) in [6.07, 6.45) is 0. The highest BCUT2D eigenvalue weighted by molar-refractivity contribution is 7.89. The van der Waals surface area contributed by atoms with Crippen LogP contribution < -0.4 is 9.46 Å². The van der Waals surface area contributed by atoms with Gasteiger partial charge in [-0.2, -0.15) is 0 Å². The first kappa shape index (κ1) is 19.9. The van der Waals surface area contributed by atoms with Crippen LogP contribution >= 0.6 is 0 Å². The van der Waals surface area contributed by atoms with Crippen molar-refractivity contribution in [2.45, 2.75) is 25.7 Å². The van der Waals surface area contributed by atoms with Gasteiger partial charge in [0.15, 0.2) is 0 Å². The smallest absolute Gasteiger partial charge is 0.338 e. The molecule has 0 saturated carbocycles. The zero-order valence-corrected chi connectivity index (χ0v) is 15.9. The van der Waals surface area contributed by atoms with Gasteiger partial charge in [0.25, 0.3) is 0 Å². The molecule has 0 bridgehead atoms. The van der Waals surface area contributed by atoms with Crippen LogP contribution in [-0.4, -0.2) is 34.1 Å². The number of hydrogen-bond donors (Lipinski definition) is 1. The minimum Gasteiger partial charge on any atom is -0.492 e. The van der Waals surface area contributed by atoms with Crippen molar-refractivity contribution in [1.29, 1.82) is 0 Å². The molecular weight excluding hydrogens is 354 g/mol. The first-order valence-electron chi connectivity index (χ1n) is 8.30. The molecule has 0 radical (unpaired) electrons. The van der Waals surface area contributed by atoms with Gasteiger partial charge in [-0.15, -0.1) is 0 Å². The second-order valence-electron chi connectivity index (χ2n) is 5.82. The van der Waals surface area contributed by atoms with Gasteiger partial charge in [-0.3, -0.25) is 0 Å². The highest BCUT2D eigenvalue weighted by Crippen LogP contribution is 2.16. The minimum atomic E-state index is -3.74. The number of benzene rings is 2. The van der Waals surface area contributed by atoms with Crippen LogP contribution in [0.3, 0.4) is 0 Å². The van der Waals surface area contributed by atoms with Gasteiger partial charge in [0.2, 0.25) is 10.0 Å². The third-order valence-electron chi connectivity index (χ3n) is 3.51. The van der Waals surface area contributed by atoms with Gasteiger partial charge in [-0.25, -0.2) is 17.9 Å². The standard InChI is InChI=1S/C19H23NO5S/c1-4-24-19(21)16-6-5-7-18(13-16)26(22,23)20-8-9-25-17-11-14(2)10-15(3)12-17/h5-7,10-13,20H,4,8-9H2,1-3H3. The summed E-state index contributed by atoms with van der Waals surface area (Å²) < 4.78 is 37.7. The van der Waals surface area contributed by atoms with E-state index >= 15 is 0 Å². The van der Waals surface area contributed by atoms with Crippen molar-refractivity contribution in [3.8, 4) is 5.75 Å². The number of rotatable bonds is 8. The van der Waals surface area contributed by atoms with E-state index in [4.69, 9.17) is 9.47 Å². The van der Waals surface area contributed by atoms with Crippen molar-refractivity contribution in [2.75, 3.05) is 19.8 Å². The molecule has 0 amide bonds. The molecule has 0 heterocycles. The third-order valence-corrected chi connectivity index (χ3v) is 4.97. The Labute approximate surface area is 154 Å². The fourth-order valence-corrected chi connectivity index (χ4v) is 3.51. The van der Waals surface area contributed by atoms with Gasteiger partial charge in [0, 0.05) is 6.54 Å². The lowest BCUT2D eigenvalue weighted by atomic mass is 10.1. The average Bonchev–Trinajstić information content (AvgIpc) is 2.58. The molecule has 0 aromatic heterocycles. The topological polar surface area (TPSA) is 81.7 Å². The van der Waals surface area contributed by atoms with Gasteiger partial charge < -0.3 is 9.47 Å². The molecular formula is C19H23NO5S. The lowest BCUT2D eigenvalue weighted by Crippen LogP contribution is -2.28. The lowest BCUT2D eigenvalue weighted by molar-refractivity contribution is 0.0526. The molecule has 0 unspecified atom stereocenters. The number of aryl methyl sites for hydroxylation is 2. The highest BCUT2D eigenvalue weighted by Gasteiger charge is 2.16. The molecule has 7 heteroatoms. The van der Waals surface area contributed by atoms with E-state index in [9.17, 15) is 13.2 Å². The summed E-state index contributed by atoms with van der Waals surface area (Å²) in [4.78, 5) is 11.7. The van der Waals surface area contributed by atoms with Crippen LogP contribution in [-0.2, 0) is 14.8 Å². The molecule has 2 aromatic rings. The van der Waals surface area contributed by atoms with Crippen LogP contribution in [0.4, 0.5) is 0 Å². The molecule has 2 aromatic carbocycles. The summed E-state index contributed by atoms with van der Waals surface area (Å²) >= 11 is 0. The number of carbonyl (C=O) groups is 1. The Bertz CT molecular complexity index is 857. The average molecular weight is 377 g/mol. The maximum absolute atomic E-state index is 12.4. The van der Waals surface area contributed by atoms with Crippen LogP contribution in [0.2, 0.25) is 0 Å². The summed E-state index contributed by atoms with van der Waals surface area (Å²) in [7, 11) is -3.74. The monoisotopic (exact) mass is 377 g/mol. The van der Waals surface area contributed by atoms with Crippen molar-refractivity contribution in [1.82, 2.24) is 4.72 Å². The predicted octanol–water partition coefficient (Wildman–Crippen LogP) is 2.84. The first-order chi connectivity index (χ1) is 12.3. The number of esters is 1. The fraction of sp³-hybridized carbons (Fsp3) is 0.316. The summed E-state index contributed by atoms with van der Waals surface area (Å²) in [6, 6.07) is 11.6. The molecule has 0 aliphatic heterocycles. The zero-order valence-electron chi connectivity index (χ0n) is 15.1. The van der Waals surface area contributed by atoms with Crippen LogP contribution in [0.15, 0.2) is 47.4 Å². The molecule has 0 fully saturated rings. The van der Waals surface area contributed by atoms with Gasteiger partial charge in [0.1, 0.15) is 12.4 Å². The normalized spacial score (nSPS) is 11.2. The van der Waals surface area contributed by atoms with E-state index in [-0.39, 0.29) is 30.2 Å². The fourth-order valence-electron chi connectivity index (χ4n) is 2.45. The van der Waals surface area contributed by atoms with Gasteiger partial charge >= 0.3 is 5.97 Å². The second kappa shape index (κ2) is 8.82. The van der Waals surface area contributed by atoms with Crippen LogP contribution in [0.1, 0.15) is 28.4 Å². The Morgan fingerprint density at radius 1 is 1.08 bits per heavy atom. The molecule has 1 N–H and O–H groups in total. The quantitative estimate of drug-likeness (QED) is 0.565. The number of sulfonamides is 1. The molecule has 26 heavy (non-hydrogen) atoms. The van der Waals surface area contributed by atoms with Crippen LogP contribution in [0, 0.1) is 13.8 Å². The van der Waals surface area contributed by atoms with E-state index in [1.54, 1.807) is 6.92 Å². The van der Waals surface area contributed by atoms with Crippen molar-refractivity contribution in [3.63, 3.8) is 0 Å². The van der Waals surface area contributed by atoms with Crippen molar-refractivity contribution in [2.24, 2.45) is 0 Å². The van der Waals surface area contributed by atoms with E-state index < -0.39 is 16.0 Å². The Morgan fingerprint density at radius 2 is 1.77 bits per heavy atom. The summed E-state index contributed by atoms with van der Waals surface area (Å²) in [6.45, 7) is 6.16. The minimum absolute atomic E-state index is 0.00875. The highest BCUT2D eigenvalue weighted by atomic mass is 32.2. The largest absolute Gasteiger partial charge is 0.492 e. The maximum atomic E-state index is 12.4. The van der Waals surface area contributed by atoms with Crippen molar-refractivity contribution in [3.05, 3.63) is 59.2 Å². The molecule has 0 spiro atoms. The maximum Gasteiger partial charge on any atom is 0.338 e. The SMILES string of the molecule is CCOC(=O)c1cccc(S(=O)(=O)NCCOc2cc(C)cc(C)c2)c1. The van der Waals surface area contributed by atoms with E-state index in [1.165, 1.54) is 24.3 Å². The molecule has 0 aliphatic carbocycles. The first-order valence-corrected chi connectivity index (χ1v) is 9.78. The van der Waals surface area contributed by atoms with E-state index in [0.29, 0.717) is 5.75 Å². The Kier molecular flexibility index (Phi) is 6.76. The summed E-state index contributed by atoms with van der Waals surface area (Å²) in [5, 5.41) is 0. The van der Waals surface area contributed by atoms with Gasteiger partial charge in [-0.05, 0) is 62.2 Å². The molecule has 6 nitrogen and oxygen atoms in total. The van der Waals surface area contributed by atoms with E-state index in [1.807, 2.05) is 32.0 Å². The number of hydrogen-bond acceptors (Lipinski definition) is 5. The Hall–Kier alpha value is -2.38. The third kappa shape index (κ3) is 5.57. The summed E-state index contributed by atoms with van der Waals surface area (Å²) in [5.74, 6) is 0.147. The Morgan fingerprint density at radius 3 is 2.42 bits per heavy atom. The van der Waals surface area contributed by atoms with E-state index in [2.05, 4.69) is 4.72 Å². The zero-order chi connectivity index (χ0) is 19.2. The molecule has 0 atom stereocenters. The number of nitrogens with one attached hydrogen (secondary N) is 1. The molecule has 140 valence electrons. The number of ether oxygens (including phenoxy) is 2. The predicted molar refractivity (Wildman–Crippen MR) is 99.0 cm³/mol. The van der Waals surface area contributed by atoms with Crippen molar-refractivity contribution < 1.29 is 22.7 Å². The molecule has 0 saturated heterocycles. The second-order valence-corrected chi connectivity index (χ2v) is 7.58. The van der Waals surface area contributed by atoms with Crippen LogP contribution in [0.25, 0.3) is 0 Å². The molecule has 2 rings (SSSR count). The lowest BCUT2D eigenvalue weighted by Gasteiger charge is -2.10. The summed E-state index contributed by atoms with van der Waals surface area (Å²) in [5.41, 5.74) is 2.36. The van der Waals surface area contributed by atoms with E-state index in [0.717, 1.165) is 11.1 Å². The number of carbonyl (C=O) groups excluding carboxylic acids is 1. The van der Waals surface area contributed by atoms with Crippen LogP contribution in [0.5, 0.6) is 5.75 Å². The Balaban J connectivity index is 1.96. The van der Waals surface area contributed by atoms with Gasteiger partial charge in [-0.1, -0.05) is 12.1 Å². The van der Waals surface area contributed by atoms with Crippen molar-refractivity contribution >= 4 is 16.0 Å². The molecule has 0 aliphatic rings.